The van der Waals surface area contributed by atoms with E-state index in [1.54, 1.807) is 6.33 Å². The zero-order chi connectivity index (χ0) is 14.9. The van der Waals surface area contributed by atoms with Crippen molar-refractivity contribution in [1.29, 1.82) is 0 Å². The molecule has 4 heteroatoms. The van der Waals surface area contributed by atoms with Crippen molar-refractivity contribution in [3.05, 3.63) is 59.9 Å². The standard InChI is InChI=1S/C18H17N3O/c1-21(11-13-6-7-17-14(10-13)8-9-22-17)18-15-4-2-3-5-16(15)19-12-20-18/h2-7,10,12H,8-9,11H2,1H3. The Morgan fingerprint density at radius 1 is 1.14 bits per heavy atom. The van der Waals surface area contributed by atoms with E-state index in [0.717, 1.165) is 42.0 Å². The SMILES string of the molecule is CN(Cc1ccc2c(c1)CCO2)c1ncnc2ccccc12. The van der Waals surface area contributed by atoms with Gasteiger partial charge in [-0.15, -0.1) is 0 Å². The van der Waals surface area contributed by atoms with Gasteiger partial charge < -0.3 is 9.64 Å². The van der Waals surface area contributed by atoms with Gasteiger partial charge in [0.2, 0.25) is 0 Å². The van der Waals surface area contributed by atoms with E-state index in [2.05, 4.69) is 46.2 Å². The molecule has 1 aliphatic rings. The van der Waals surface area contributed by atoms with Crippen molar-refractivity contribution in [2.45, 2.75) is 13.0 Å². The number of hydrogen-bond acceptors (Lipinski definition) is 4. The Morgan fingerprint density at radius 2 is 2.05 bits per heavy atom. The number of aromatic nitrogens is 2. The molecule has 2 heterocycles. The molecule has 1 aliphatic heterocycles. The zero-order valence-corrected chi connectivity index (χ0v) is 12.5. The Labute approximate surface area is 129 Å². The lowest BCUT2D eigenvalue weighted by molar-refractivity contribution is 0.357. The first-order chi connectivity index (χ1) is 10.8. The van der Waals surface area contributed by atoms with Gasteiger partial charge in [0.15, 0.2) is 0 Å². The molecular formula is C18H17N3O. The van der Waals surface area contributed by atoms with Gasteiger partial charge in [-0.05, 0) is 29.3 Å². The van der Waals surface area contributed by atoms with Gasteiger partial charge >= 0.3 is 0 Å². The Hall–Kier alpha value is -2.62. The molecule has 1 aromatic heterocycles. The molecule has 4 rings (SSSR count). The highest BCUT2D eigenvalue weighted by molar-refractivity contribution is 5.89. The van der Waals surface area contributed by atoms with Crippen LogP contribution in [0.4, 0.5) is 5.82 Å². The molecule has 0 atom stereocenters. The lowest BCUT2D eigenvalue weighted by atomic mass is 10.1. The summed E-state index contributed by atoms with van der Waals surface area (Å²) < 4.78 is 5.57. The second-order valence-corrected chi connectivity index (χ2v) is 5.61. The first kappa shape index (κ1) is 13.1. The minimum Gasteiger partial charge on any atom is -0.493 e. The highest BCUT2D eigenvalue weighted by atomic mass is 16.5. The summed E-state index contributed by atoms with van der Waals surface area (Å²) in [7, 11) is 2.07. The molecule has 2 aromatic carbocycles. The number of rotatable bonds is 3. The number of nitrogens with zero attached hydrogens (tertiary/aromatic N) is 3. The van der Waals surface area contributed by atoms with E-state index in [1.165, 1.54) is 11.1 Å². The van der Waals surface area contributed by atoms with Gasteiger partial charge in [-0.3, -0.25) is 0 Å². The van der Waals surface area contributed by atoms with E-state index in [9.17, 15) is 0 Å². The minimum absolute atomic E-state index is 0.797. The summed E-state index contributed by atoms with van der Waals surface area (Å²) >= 11 is 0. The number of hydrogen-bond donors (Lipinski definition) is 0. The van der Waals surface area contributed by atoms with Crippen LogP contribution in [0.25, 0.3) is 10.9 Å². The van der Waals surface area contributed by atoms with Crippen LogP contribution in [0.2, 0.25) is 0 Å². The molecule has 0 saturated heterocycles. The Morgan fingerprint density at radius 3 is 3.00 bits per heavy atom. The summed E-state index contributed by atoms with van der Waals surface area (Å²) in [5, 5.41) is 1.08. The minimum atomic E-state index is 0.797. The number of anilines is 1. The molecule has 22 heavy (non-hydrogen) atoms. The fourth-order valence-corrected chi connectivity index (χ4v) is 2.98. The van der Waals surface area contributed by atoms with Crippen LogP contribution in [0, 0.1) is 0 Å². The average Bonchev–Trinajstić information content (AvgIpc) is 3.02. The van der Waals surface area contributed by atoms with Gasteiger partial charge in [-0.1, -0.05) is 24.3 Å². The van der Waals surface area contributed by atoms with Crippen molar-refractivity contribution in [1.82, 2.24) is 9.97 Å². The molecule has 0 N–H and O–H groups in total. The third-order valence-corrected chi connectivity index (χ3v) is 4.06. The normalized spacial score (nSPS) is 13.0. The maximum absolute atomic E-state index is 5.57. The first-order valence-corrected chi connectivity index (χ1v) is 7.47. The number of para-hydroxylation sites is 1. The molecule has 0 spiro atoms. The number of benzene rings is 2. The predicted molar refractivity (Wildman–Crippen MR) is 87.3 cm³/mol. The van der Waals surface area contributed by atoms with Crippen molar-refractivity contribution >= 4 is 16.7 Å². The van der Waals surface area contributed by atoms with E-state index < -0.39 is 0 Å². The van der Waals surface area contributed by atoms with Gasteiger partial charge in [-0.25, -0.2) is 9.97 Å². The summed E-state index contributed by atoms with van der Waals surface area (Å²) in [6.45, 7) is 1.61. The summed E-state index contributed by atoms with van der Waals surface area (Å²) in [6.07, 6.45) is 2.63. The summed E-state index contributed by atoms with van der Waals surface area (Å²) in [4.78, 5) is 11.0. The van der Waals surface area contributed by atoms with Crippen LogP contribution in [-0.4, -0.2) is 23.6 Å². The molecule has 0 amide bonds. The van der Waals surface area contributed by atoms with Gasteiger partial charge in [0.25, 0.3) is 0 Å². The lowest BCUT2D eigenvalue weighted by Gasteiger charge is -2.20. The van der Waals surface area contributed by atoms with E-state index in [4.69, 9.17) is 4.74 Å². The maximum Gasteiger partial charge on any atom is 0.139 e. The van der Waals surface area contributed by atoms with E-state index >= 15 is 0 Å². The van der Waals surface area contributed by atoms with Crippen LogP contribution >= 0.6 is 0 Å². The molecule has 0 aliphatic carbocycles. The third kappa shape index (κ3) is 2.26. The Kier molecular flexibility index (Phi) is 3.15. The predicted octanol–water partition coefficient (Wildman–Crippen LogP) is 3.20. The molecule has 0 radical (unpaired) electrons. The summed E-state index contributed by atoms with van der Waals surface area (Å²) in [5.74, 6) is 1.99. The maximum atomic E-state index is 5.57. The molecule has 0 saturated carbocycles. The zero-order valence-electron chi connectivity index (χ0n) is 12.5. The van der Waals surface area contributed by atoms with Gasteiger partial charge in [0, 0.05) is 25.4 Å². The van der Waals surface area contributed by atoms with Crippen LogP contribution < -0.4 is 9.64 Å². The second-order valence-electron chi connectivity index (χ2n) is 5.61. The highest BCUT2D eigenvalue weighted by Crippen LogP contribution is 2.28. The quantitative estimate of drug-likeness (QED) is 0.743. The lowest BCUT2D eigenvalue weighted by Crippen LogP contribution is -2.18. The van der Waals surface area contributed by atoms with E-state index in [1.807, 2.05) is 18.2 Å². The van der Waals surface area contributed by atoms with Crippen molar-refractivity contribution < 1.29 is 4.74 Å². The van der Waals surface area contributed by atoms with E-state index in [-0.39, 0.29) is 0 Å². The van der Waals surface area contributed by atoms with Gasteiger partial charge in [0.05, 0.1) is 12.1 Å². The highest BCUT2D eigenvalue weighted by Gasteiger charge is 2.14. The molecule has 4 nitrogen and oxygen atoms in total. The van der Waals surface area contributed by atoms with Crippen molar-refractivity contribution in [3.63, 3.8) is 0 Å². The molecule has 0 unspecified atom stereocenters. The topological polar surface area (TPSA) is 38.2 Å². The Balaban J connectivity index is 1.65. The van der Waals surface area contributed by atoms with Crippen LogP contribution in [0.5, 0.6) is 5.75 Å². The van der Waals surface area contributed by atoms with Crippen molar-refractivity contribution in [2.24, 2.45) is 0 Å². The molecule has 3 aromatic rings. The molecular weight excluding hydrogens is 274 g/mol. The smallest absolute Gasteiger partial charge is 0.139 e. The molecule has 110 valence electrons. The summed E-state index contributed by atoms with van der Waals surface area (Å²) in [5.41, 5.74) is 3.55. The number of fused-ring (bicyclic) bond motifs is 2. The van der Waals surface area contributed by atoms with Crippen LogP contribution in [0.1, 0.15) is 11.1 Å². The van der Waals surface area contributed by atoms with Crippen LogP contribution in [0.3, 0.4) is 0 Å². The van der Waals surface area contributed by atoms with Crippen LogP contribution in [0.15, 0.2) is 48.8 Å². The van der Waals surface area contributed by atoms with Gasteiger partial charge in [0.1, 0.15) is 17.9 Å². The van der Waals surface area contributed by atoms with Crippen molar-refractivity contribution in [2.75, 3.05) is 18.6 Å². The second kappa shape index (κ2) is 5.30. The monoisotopic (exact) mass is 291 g/mol. The molecule has 0 bridgehead atoms. The molecule has 0 fully saturated rings. The fraction of sp³-hybridized carbons (Fsp3) is 0.222. The average molecular weight is 291 g/mol. The number of ether oxygens (including phenoxy) is 1. The Bertz CT molecular complexity index is 826. The largest absolute Gasteiger partial charge is 0.493 e. The van der Waals surface area contributed by atoms with Gasteiger partial charge in [-0.2, -0.15) is 0 Å². The van der Waals surface area contributed by atoms with E-state index in [0.29, 0.717) is 0 Å². The first-order valence-electron chi connectivity index (χ1n) is 7.47. The summed E-state index contributed by atoms with van der Waals surface area (Å²) in [6, 6.07) is 14.5. The fourth-order valence-electron chi connectivity index (χ4n) is 2.98. The third-order valence-electron chi connectivity index (χ3n) is 4.06. The van der Waals surface area contributed by atoms with Crippen molar-refractivity contribution in [3.8, 4) is 5.75 Å². The van der Waals surface area contributed by atoms with Crippen LogP contribution in [-0.2, 0) is 13.0 Å².